The number of carbonyl (C=O) groups is 1. The molecule has 0 aliphatic carbocycles. The van der Waals surface area contributed by atoms with Crippen LogP contribution in [0, 0.1) is 6.92 Å². The largest absolute Gasteiger partial charge is 0.497 e. The van der Waals surface area contributed by atoms with Gasteiger partial charge in [0.25, 0.3) is 0 Å². The van der Waals surface area contributed by atoms with Crippen LogP contribution >= 0.6 is 0 Å². The van der Waals surface area contributed by atoms with E-state index >= 15 is 0 Å². The highest BCUT2D eigenvalue weighted by Gasteiger charge is 2.04. The summed E-state index contributed by atoms with van der Waals surface area (Å²) in [5, 5.41) is 7.17. The highest BCUT2D eigenvalue weighted by molar-refractivity contribution is 6.01. The van der Waals surface area contributed by atoms with Crippen LogP contribution < -0.4 is 10.1 Å². The van der Waals surface area contributed by atoms with Crippen LogP contribution in [0.25, 0.3) is 6.08 Å². The molecule has 3 aromatic rings. The average Bonchev–Trinajstić information content (AvgIpc) is 3.09. The van der Waals surface area contributed by atoms with Gasteiger partial charge in [-0.2, -0.15) is 5.10 Å². The summed E-state index contributed by atoms with van der Waals surface area (Å²) in [5.41, 5.74) is 3.34. The SMILES string of the molecule is COc1ccc(/C=C/C(=O)Nc2ccn(Cc3ccccc3C)n2)cc1. The molecule has 0 unspecified atom stereocenters. The zero-order valence-electron chi connectivity index (χ0n) is 14.8. The normalized spacial score (nSPS) is 10.8. The lowest BCUT2D eigenvalue weighted by Crippen LogP contribution is -2.09. The summed E-state index contributed by atoms with van der Waals surface area (Å²) in [4.78, 5) is 12.1. The maximum atomic E-state index is 12.1. The minimum atomic E-state index is -0.220. The lowest BCUT2D eigenvalue weighted by Gasteiger charge is -2.05. The Morgan fingerprint density at radius 3 is 2.65 bits per heavy atom. The Morgan fingerprint density at radius 1 is 1.15 bits per heavy atom. The van der Waals surface area contributed by atoms with Gasteiger partial charge < -0.3 is 10.1 Å². The number of anilines is 1. The van der Waals surface area contributed by atoms with E-state index in [1.165, 1.54) is 17.2 Å². The van der Waals surface area contributed by atoms with Crippen LogP contribution in [-0.4, -0.2) is 22.8 Å². The Morgan fingerprint density at radius 2 is 1.92 bits per heavy atom. The van der Waals surface area contributed by atoms with Crippen LogP contribution in [0.1, 0.15) is 16.7 Å². The predicted octanol–water partition coefficient (Wildman–Crippen LogP) is 3.90. The molecule has 0 bridgehead atoms. The second-order valence-corrected chi connectivity index (χ2v) is 5.92. The topological polar surface area (TPSA) is 56.1 Å². The van der Waals surface area contributed by atoms with Gasteiger partial charge in [-0.3, -0.25) is 9.48 Å². The predicted molar refractivity (Wildman–Crippen MR) is 103 cm³/mol. The fourth-order valence-electron chi connectivity index (χ4n) is 2.53. The standard InChI is InChI=1S/C21H21N3O2/c1-16-5-3-4-6-18(16)15-24-14-13-20(23-24)22-21(25)12-9-17-7-10-19(26-2)11-8-17/h3-14H,15H2,1-2H3,(H,22,23,25)/b12-9+. The highest BCUT2D eigenvalue weighted by atomic mass is 16.5. The first-order chi connectivity index (χ1) is 12.6. The number of benzene rings is 2. The van der Waals surface area contributed by atoms with Gasteiger partial charge >= 0.3 is 0 Å². The van der Waals surface area contributed by atoms with Crippen molar-refractivity contribution in [2.45, 2.75) is 13.5 Å². The molecule has 0 spiro atoms. The van der Waals surface area contributed by atoms with Gasteiger partial charge in [0, 0.05) is 18.3 Å². The molecule has 0 saturated carbocycles. The molecule has 3 rings (SSSR count). The van der Waals surface area contributed by atoms with Crippen LogP contribution in [-0.2, 0) is 11.3 Å². The zero-order valence-corrected chi connectivity index (χ0v) is 14.8. The third kappa shape index (κ3) is 4.60. The van der Waals surface area contributed by atoms with Crippen molar-refractivity contribution in [2.75, 3.05) is 12.4 Å². The van der Waals surface area contributed by atoms with Gasteiger partial charge in [-0.25, -0.2) is 0 Å². The molecule has 5 heteroatoms. The third-order valence-electron chi connectivity index (χ3n) is 4.03. The molecule has 0 fully saturated rings. The van der Waals surface area contributed by atoms with E-state index in [1.807, 2.05) is 47.3 Å². The van der Waals surface area contributed by atoms with Crippen molar-refractivity contribution in [1.82, 2.24) is 9.78 Å². The molecular weight excluding hydrogens is 326 g/mol. The molecule has 1 heterocycles. The molecule has 1 aromatic heterocycles. The van der Waals surface area contributed by atoms with Gasteiger partial charge in [0.05, 0.1) is 13.7 Å². The summed E-state index contributed by atoms with van der Waals surface area (Å²) >= 11 is 0. The van der Waals surface area contributed by atoms with Crippen LogP contribution in [0.15, 0.2) is 66.9 Å². The van der Waals surface area contributed by atoms with E-state index in [-0.39, 0.29) is 5.91 Å². The average molecular weight is 347 g/mol. The van der Waals surface area contributed by atoms with Gasteiger partial charge in [-0.15, -0.1) is 0 Å². The quantitative estimate of drug-likeness (QED) is 0.688. The van der Waals surface area contributed by atoms with E-state index in [0.29, 0.717) is 12.4 Å². The van der Waals surface area contributed by atoms with Gasteiger partial charge in [0.15, 0.2) is 5.82 Å². The van der Waals surface area contributed by atoms with Gasteiger partial charge in [0.1, 0.15) is 5.75 Å². The molecule has 5 nitrogen and oxygen atoms in total. The van der Waals surface area contributed by atoms with Gasteiger partial charge in [-0.1, -0.05) is 36.4 Å². The Kier molecular flexibility index (Phi) is 5.49. The minimum Gasteiger partial charge on any atom is -0.497 e. The smallest absolute Gasteiger partial charge is 0.249 e. The summed E-state index contributed by atoms with van der Waals surface area (Å²) in [6, 6.07) is 17.5. The van der Waals surface area contributed by atoms with Crippen molar-refractivity contribution >= 4 is 17.8 Å². The number of methoxy groups -OCH3 is 1. The molecule has 1 amide bonds. The molecule has 0 atom stereocenters. The minimum absolute atomic E-state index is 0.220. The van der Waals surface area contributed by atoms with Crippen LogP contribution in [0.3, 0.4) is 0 Å². The number of nitrogens with one attached hydrogen (secondary N) is 1. The summed E-state index contributed by atoms with van der Waals surface area (Å²) in [6.07, 6.45) is 5.09. The van der Waals surface area contributed by atoms with Crippen LogP contribution in [0.4, 0.5) is 5.82 Å². The van der Waals surface area contributed by atoms with E-state index < -0.39 is 0 Å². The van der Waals surface area contributed by atoms with Crippen LogP contribution in [0.2, 0.25) is 0 Å². The number of nitrogens with zero attached hydrogens (tertiary/aromatic N) is 2. The first-order valence-corrected chi connectivity index (χ1v) is 8.35. The lowest BCUT2D eigenvalue weighted by atomic mass is 10.1. The molecule has 0 radical (unpaired) electrons. The number of amides is 1. The lowest BCUT2D eigenvalue weighted by molar-refractivity contribution is -0.111. The highest BCUT2D eigenvalue weighted by Crippen LogP contribution is 2.13. The summed E-state index contributed by atoms with van der Waals surface area (Å²) in [6.45, 7) is 2.75. The van der Waals surface area contributed by atoms with E-state index in [2.05, 4.69) is 29.5 Å². The summed E-state index contributed by atoms with van der Waals surface area (Å²) < 4.78 is 6.92. The van der Waals surface area contributed by atoms with Gasteiger partial charge in [-0.05, 0) is 41.8 Å². The zero-order chi connectivity index (χ0) is 18.4. The van der Waals surface area contributed by atoms with E-state index in [0.717, 1.165) is 11.3 Å². The number of carbonyl (C=O) groups excluding carboxylic acids is 1. The third-order valence-corrected chi connectivity index (χ3v) is 4.03. The fraction of sp³-hybridized carbons (Fsp3) is 0.143. The molecule has 2 aromatic carbocycles. The molecule has 0 saturated heterocycles. The van der Waals surface area contributed by atoms with E-state index in [4.69, 9.17) is 4.74 Å². The van der Waals surface area contributed by atoms with Crippen molar-refractivity contribution in [3.8, 4) is 5.75 Å². The molecule has 1 N–H and O–H groups in total. The number of hydrogen-bond acceptors (Lipinski definition) is 3. The Labute approximate surface area is 152 Å². The molecule has 0 aliphatic heterocycles. The molecule has 26 heavy (non-hydrogen) atoms. The van der Waals surface area contributed by atoms with E-state index in [1.54, 1.807) is 19.3 Å². The Balaban J connectivity index is 1.58. The second-order valence-electron chi connectivity index (χ2n) is 5.92. The Bertz CT molecular complexity index is 911. The fourth-order valence-corrected chi connectivity index (χ4v) is 2.53. The Hall–Kier alpha value is -3.34. The van der Waals surface area contributed by atoms with Crippen molar-refractivity contribution in [3.05, 3.63) is 83.6 Å². The van der Waals surface area contributed by atoms with Crippen molar-refractivity contribution in [1.29, 1.82) is 0 Å². The van der Waals surface area contributed by atoms with Crippen molar-refractivity contribution in [2.24, 2.45) is 0 Å². The maximum absolute atomic E-state index is 12.1. The summed E-state index contributed by atoms with van der Waals surface area (Å²) in [7, 11) is 1.62. The number of ether oxygens (including phenoxy) is 1. The summed E-state index contributed by atoms with van der Waals surface area (Å²) in [5.74, 6) is 1.09. The number of aryl methyl sites for hydroxylation is 1. The van der Waals surface area contributed by atoms with Crippen molar-refractivity contribution < 1.29 is 9.53 Å². The number of rotatable bonds is 6. The first-order valence-electron chi connectivity index (χ1n) is 8.35. The maximum Gasteiger partial charge on any atom is 0.249 e. The number of aromatic nitrogens is 2. The first kappa shape index (κ1) is 17.5. The second kappa shape index (κ2) is 8.16. The molecule has 0 aliphatic rings. The van der Waals surface area contributed by atoms with Crippen LogP contribution in [0.5, 0.6) is 5.75 Å². The monoisotopic (exact) mass is 347 g/mol. The van der Waals surface area contributed by atoms with Gasteiger partial charge in [0.2, 0.25) is 5.91 Å². The molecule has 132 valence electrons. The number of hydrogen-bond donors (Lipinski definition) is 1. The van der Waals surface area contributed by atoms with Crippen molar-refractivity contribution in [3.63, 3.8) is 0 Å². The molecular formula is C21H21N3O2. The van der Waals surface area contributed by atoms with E-state index in [9.17, 15) is 4.79 Å².